The zero-order valence-electron chi connectivity index (χ0n) is 16.6. The SMILES string of the molecule is COc1ccc(Cl)cc1C(=O)N1CCC(C(=O)Oc2cc(C)c(Cl)c(C)c2)CC1. The third-order valence-electron chi connectivity index (χ3n) is 5.14. The molecule has 1 heterocycles. The number of hydrogen-bond acceptors (Lipinski definition) is 4. The Kier molecular flexibility index (Phi) is 6.70. The Balaban J connectivity index is 1.62. The largest absolute Gasteiger partial charge is 0.496 e. The molecular formula is C22H23Cl2NO4. The number of benzene rings is 2. The minimum atomic E-state index is -0.279. The van der Waals surface area contributed by atoms with E-state index < -0.39 is 0 Å². The van der Waals surface area contributed by atoms with Crippen molar-refractivity contribution < 1.29 is 19.1 Å². The minimum absolute atomic E-state index is 0.153. The molecular weight excluding hydrogens is 413 g/mol. The smallest absolute Gasteiger partial charge is 0.314 e. The molecule has 0 saturated carbocycles. The molecule has 0 N–H and O–H groups in total. The molecule has 0 atom stereocenters. The standard InChI is InChI=1S/C22H23Cl2NO4/c1-13-10-17(11-14(2)20(13)24)29-22(27)15-6-8-25(9-7-15)21(26)18-12-16(23)4-5-19(18)28-3/h4-5,10-12,15H,6-9H2,1-3H3. The highest BCUT2D eigenvalue weighted by molar-refractivity contribution is 6.32. The van der Waals surface area contributed by atoms with Crippen molar-refractivity contribution in [3.8, 4) is 11.5 Å². The van der Waals surface area contributed by atoms with Crippen molar-refractivity contribution >= 4 is 35.1 Å². The highest BCUT2D eigenvalue weighted by Crippen LogP contribution is 2.29. The van der Waals surface area contributed by atoms with Crippen LogP contribution in [0.5, 0.6) is 11.5 Å². The van der Waals surface area contributed by atoms with Gasteiger partial charge in [-0.15, -0.1) is 0 Å². The van der Waals surface area contributed by atoms with Crippen LogP contribution >= 0.6 is 23.2 Å². The summed E-state index contributed by atoms with van der Waals surface area (Å²) in [5, 5.41) is 1.15. The number of rotatable bonds is 4. The topological polar surface area (TPSA) is 55.8 Å². The number of carbonyl (C=O) groups is 2. The molecule has 0 aromatic heterocycles. The maximum Gasteiger partial charge on any atom is 0.314 e. The first-order valence-electron chi connectivity index (χ1n) is 9.41. The third kappa shape index (κ3) is 4.85. The van der Waals surface area contributed by atoms with Gasteiger partial charge in [0.05, 0.1) is 18.6 Å². The van der Waals surface area contributed by atoms with Crippen molar-refractivity contribution in [1.82, 2.24) is 4.90 Å². The van der Waals surface area contributed by atoms with E-state index in [1.165, 1.54) is 7.11 Å². The number of halogens is 2. The molecule has 1 fully saturated rings. The number of esters is 1. The Morgan fingerprint density at radius 2 is 1.66 bits per heavy atom. The number of hydrogen-bond donors (Lipinski definition) is 0. The molecule has 0 aliphatic carbocycles. The fraction of sp³-hybridized carbons (Fsp3) is 0.364. The Morgan fingerprint density at radius 1 is 1.03 bits per heavy atom. The lowest BCUT2D eigenvalue weighted by Crippen LogP contribution is -2.41. The van der Waals surface area contributed by atoms with Gasteiger partial charge in [-0.3, -0.25) is 9.59 Å². The average molecular weight is 436 g/mol. The van der Waals surface area contributed by atoms with Crippen LogP contribution in [0.1, 0.15) is 34.3 Å². The van der Waals surface area contributed by atoms with Crippen LogP contribution in [0.15, 0.2) is 30.3 Å². The molecule has 1 aliphatic heterocycles. The van der Waals surface area contributed by atoms with E-state index in [2.05, 4.69) is 0 Å². The maximum atomic E-state index is 12.9. The van der Waals surface area contributed by atoms with Gasteiger partial charge in [-0.1, -0.05) is 23.2 Å². The number of aryl methyl sites for hydroxylation is 2. The van der Waals surface area contributed by atoms with Crippen molar-refractivity contribution in [2.24, 2.45) is 5.92 Å². The van der Waals surface area contributed by atoms with Crippen LogP contribution in [-0.2, 0) is 4.79 Å². The monoisotopic (exact) mass is 435 g/mol. The lowest BCUT2D eigenvalue weighted by Gasteiger charge is -2.31. The summed E-state index contributed by atoms with van der Waals surface area (Å²) in [4.78, 5) is 27.2. The van der Waals surface area contributed by atoms with Crippen LogP contribution < -0.4 is 9.47 Å². The molecule has 3 rings (SSSR count). The van der Waals surface area contributed by atoms with Crippen molar-refractivity contribution in [2.75, 3.05) is 20.2 Å². The number of carbonyl (C=O) groups excluding carboxylic acids is 2. The first kappa shape index (κ1) is 21.5. The number of methoxy groups -OCH3 is 1. The lowest BCUT2D eigenvalue weighted by molar-refractivity contribution is -0.140. The molecule has 1 saturated heterocycles. The average Bonchev–Trinajstić information content (AvgIpc) is 2.71. The Bertz CT molecular complexity index is 913. The van der Waals surface area contributed by atoms with Gasteiger partial charge < -0.3 is 14.4 Å². The van der Waals surface area contributed by atoms with E-state index in [0.717, 1.165) is 11.1 Å². The second kappa shape index (κ2) is 9.06. The van der Waals surface area contributed by atoms with Gasteiger partial charge in [-0.05, 0) is 68.1 Å². The Labute approximate surface area is 180 Å². The molecule has 0 spiro atoms. The van der Waals surface area contributed by atoms with Gasteiger partial charge in [0.2, 0.25) is 0 Å². The summed E-state index contributed by atoms with van der Waals surface area (Å²) in [7, 11) is 1.52. The normalized spacial score (nSPS) is 14.6. The molecule has 7 heteroatoms. The molecule has 0 radical (unpaired) electrons. The van der Waals surface area contributed by atoms with Gasteiger partial charge in [0.15, 0.2) is 0 Å². The Hall–Kier alpha value is -2.24. The van der Waals surface area contributed by atoms with Crippen LogP contribution in [0.25, 0.3) is 0 Å². The molecule has 1 aliphatic rings. The predicted octanol–water partition coefficient (Wildman–Crippen LogP) is 5.08. The number of ether oxygens (including phenoxy) is 2. The van der Waals surface area contributed by atoms with Gasteiger partial charge in [0.1, 0.15) is 11.5 Å². The van der Waals surface area contributed by atoms with Gasteiger partial charge in [-0.25, -0.2) is 0 Å². The van der Waals surface area contributed by atoms with Crippen molar-refractivity contribution in [2.45, 2.75) is 26.7 Å². The van der Waals surface area contributed by atoms with Crippen LogP contribution in [-0.4, -0.2) is 37.0 Å². The summed E-state index contributed by atoms with van der Waals surface area (Å²) in [6, 6.07) is 8.48. The summed E-state index contributed by atoms with van der Waals surface area (Å²) < 4.78 is 10.8. The number of likely N-dealkylation sites (tertiary alicyclic amines) is 1. The molecule has 2 aromatic rings. The number of piperidine rings is 1. The van der Waals surface area contributed by atoms with Gasteiger partial charge in [0.25, 0.3) is 5.91 Å². The van der Waals surface area contributed by atoms with Crippen molar-refractivity contribution in [1.29, 1.82) is 0 Å². The van der Waals surface area contributed by atoms with E-state index in [9.17, 15) is 9.59 Å². The highest BCUT2D eigenvalue weighted by Gasteiger charge is 2.30. The second-order valence-electron chi connectivity index (χ2n) is 7.20. The van der Waals surface area contributed by atoms with Gasteiger partial charge in [0, 0.05) is 23.1 Å². The van der Waals surface area contributed by atoms with Crippen LogP contribution in [0, 0.1) is 19.8 Å². The zero-order valence-corrected chi connectivity index (χ0v) is 18.1. The highest BCUT2D eigenvalue weighted by atomic mass is 35.5. The quantitative estimate of drug-likeness (QED) is 0.496. The fourth-order valence-electron chi connectivity index (χ4n) is 3.50. The summed E-state index contributed by atoms with van der Waals surface area (Å²) in [5.41, 5.74) is 2.16. The first-order chi connectivity index (χ1) is 13.8. The predicted molar refractivity (Wildman–Crippen MR) is 113 cm³/mol. The number of amides is 1. The molecule has 154 valence electrons. The van der Waals surface area contributed by atoms with E-state index in [-0.39, 0.29) is 17.8 Å². The summed E-state index contributed by atoms with van der Waals surface area (Å²) in [6.07, 6.45) is 1.08. The summed E-state index contributed by atoms with van der Waals surface area (Å²) in [6.45, 7) is 4.68. The lowest BCUT2D eigenvalue weighted by atomic mass is 9.96. The van der Waals surface area contributed by atoms with Crippen molar-refractivity contribution in [3.63, 3.8) is 0 Å². The second-order valence-corrected chi connectivity index (χ2v) is 8.02. The van der Waals surface area contributed by atoms with Crippen LogP contribution in [0.3, 0.4) is 0 Å². The van der Waals surface area contributed by atoms with Crippen LogP contribution in [0.4, 0.5) is 0 Å². The molecule has 1 amide bonds. The fourth-order valence-corrected chi connectivity index (χ4v) is 3.78. The summed E-state index contributed by atoms with van der Waals surface area (Å²) >= 11 is 12.2. The maximum absolute atomic E-state index is 12.9. The van der Waals surface area contributed by atoms with E-state index >= 15 is 0 Å². The van der Waals surface area contributed by atoms with E-state index in [0.29, 0.717) is 53.0 Å². The third-order valence-corrected chi connectivity index (χ3v) is 5.97. The van der Waals surface area contributed by atoms with Gasteiger partial charge in [-0.2, -0.15) is 0 Å². The molecule has 2 aromatic carbocycles. The van der Waals surface area contributed by atoms with Gasteiger partial charge >= 0.3 is 5.97 Å². The number of nitrogens with zero attached hydrogens (tertiary/aromatic N) is 1. The molecule has 0 bridgehead atoms. The zero-order chi connectivity index (χ0) is 21.1. The van der Waals surface area contributed by atoms with E-state index in [1.807, 2.05) is 13.8 Å². The molecule has 0 unspecified atom stereocenters. The van der Waals surface area contributed by atoms with E-state index in [4.69, 9.17) is 32.7 Å². The molecule has 29 heavy (non-hydrogen) atoms. The van der Waals surface area contributed by atoms with Crippen molar-refractivity contribution in [3.05, 3.63) is 57.1 Å². The van der Waals surface area contributed by atoms with E-state index in [1.54, 1.807) is 35.2 Å². The Morgan fingerprint density at radius 3 is 2.24 bits per heavy atom. The molecule has 5 nitrogen and oxygen atoms in total. The first-order valence-corrected chi connectivity index (χ1v) is 10.2. The summed E-state index contributed by atoms with van der Waals surface area (Å²) in [5.74, 6) is 0.293. The minimum Gasteiger partial charge on any atom is -0.496 e. The van der Waals surface area contributed by atoms with Crippen LogP contribution in [0.2, 0.25) is 10.0 Å².